The van der Waals surface area contributed by atoms with Gasteiger partial charge in [0.05, 0.1) is 0 Å². The van der Waals surface area contributed by atoms with Crippen molar-refractivity contribution in [3.05, 3.63) is 29.3 Å². The van der Waals surface area contributed by atoms with Crippen molar-refractivity contribution in [1.29, 1.82) is 0 Å². The van der Waals surface area contributed by atoms with E-state index in [1.807, 2.05) is 0 Å². The van der Waals surface area contributed by atoms with Gasteiger partial charge in [0.1, 0.15) is 6.04 Å². The number of aliphatic carboxylic acids is 1. The van der Waals surface area contributed by atoms with E-state index in [9.17, 15) is 4.79 Å². The monoisotopic (exact) mass is 291 g/mol. The topological polar surface area (TPSA) is 69.8 Å². The second-order valence-corrected chi connectivity index (χ2v) is 5.78. The van der Waals surface area contributed by atoms with E-state index in [0.717, 1.165) is 32.7 Å². The van der Waals surface area contributed by atoms with Gasteiger partial charge in [-0.1, -0.05) is 12.1 Å². The molecule has 0 saturated carbocycles. The number of hydrogen-bond donors (Lipinski definition) is 2. The number of hydrogen-bond acceptors (Lipinski definition) is 4. The molecule has 2 rings (SSSR count). The van der Waals surface area contributed by atoms with Crippen LogP contribution in [0.4, 0.5) is 5.69 Å². The lowest BCUT2D eigenvalue weighted by atomic mass is 10.1. The van der Waals surface area contributed by atoms with Gasteiger partial charge in [0, 0.05) is 38.4 Å². The first kappa shape index (κ1) is 15.8. The Bertz CT molecular complexity index is 496. The SMILES string of the molecule is Cc1cccc(N2CCN(CCC(N)C(=O)O)CC2)c1C. The van der Waals surface area contributed by atoms with Crippen LogP contribution in [-0.4, -0.2) is 54.7 Å². The number of carboxylic acid groups (broad SMARTS) is 1. The van der Waals surface area contributed by atoms with Crippen LogP contribution >= 0.6 is 0 Å². The number of aryl methyl sites for hydroxylation is 1. The van der Waals surface area contributed by atoms with E-state index in [4.69, 9.17) is 10.8 Å². The maximum Gasteiger partial charge on any atom is 0.320 e. The zero-order valence-corrected chi connectivity index (χ0v) is 12.9. The smallest absolute Gasteiger partial charge is 0.320 e. The first-order valence-electron chi connectivity index (χ1n) is 7.51. The third kappa shape index (κ3) is 3.95. The summed E-state index contributed by atoms with van der Waals surface area (Å²) >= 11 is 0. The van der Waals surface area contributed by atoms with Crippen molar-refractivity contribution in [3.63, 3.8) is 0 Å². The standard InChI is InChI=1S/C16H25N3O2/c1-12-4-3-5-15(13(12)2)19-10-8-18(9-11-19)7-6-14(17)16(20)21/h3-5,14H,6-11,17H2,1-2H3,(H,20,21). The minimum absolute atomic E-state index is 0.513. The Labute approximate surface area is 126 Å². The number of benzene rings is 1. The van der Waals surface area contributed by atoms with Gasteiger partial charge in [0.2, 0.25) is 0 Å². The quantitative estimate of drug-likeness (QED) is 0.854. The Kier molecular flexibility index (Phi) is 5.20. The Morgan fingerprint density at radius 1 is 1.29 bits per heavy atom. The predicted octanol–water partition coefficient (Wildman–Crippen LogP) is 1.23. The van der Waals surface area contributed by atoms with Crippen LogP contribution in [0.3, 0.4) is 0 Å². The highest BCUT2D eigenvalue weighted by atomic mass is 16.4. The molecule has 0 aliphatic carbocycles. The lowest BCUT2D eigenvalue weighted by molar-refractivity contribution is -0.138. The summed E-state index contributed by atoms with van der Waals surface area (Å²) in [6, 6.07) is 5.68. The van der Waals surface area contributed by atoms with Crippen molar-refractivity contribution in [2.24, 2.45) is 5.73 Å². The number of anilines is 1. The molecule has 1 atom stereocenters. The highest BCUT2D eigenvalue weighted by molar-refractivity contribution is 5.73. The summed E-state index contributed by atoms with van der Waals surface area (Å²) in [5, 5.41) is 8.81. The van der Waals surface area contributed by atoms with Gasteiger partial charge in [-0.2, -0.15) is 0 Å². The molecule has 1 aliphatic heterocycles. The van der Waals surface area contributed by atoms with Gasteiger partial charge in [-0.15, -0.1) is 0 Å². The van der Waals surface area contributed by atoms with Crippen molar-refractivity contribution >= 4 is 11.7 Å². The lowest BCUT2D eigenvalue weighted by Crippen LogP contribution is -2.48. The summed E-state index contributed by atoms with van der Waals surface area (Å²) in [5.41, 5.74) is 9.54. The fraction of sp³-hybridized carbons (Fsp3) is 0.562. The van der Waals surface area contributed by atoms with E-state index >= 15 is 0 Å². The van der Waals surface area contributed by atoms with E-state index in [1.165, 1.54) is 16.8 Å². The Hall–Kier alpha value is -1.59. The molecule has 5 heteroatoms. The third-order valence-electron chi connectivity index (χ3n) is 4.36. The van der Waals surface area contributed by atoms with Gasteiger partial charge < -0.3 is 15.7 Å². The van der Waals surface area contributed by atoms with Gasteiger partial charge in [-0.25, -0.2) is 0 Å². The van der Waals surface area contributed by atoms with Crippen molar-refractivity contribution < 1.29 is 9.90 Å². The minimum Gasteiger partial charge on any atom is -0.480 e. The number of nitrogens with zero attached hydrogens (tertiary/aromatic N) is 2. The zero-order valence-electron chi connectivity index (χ0n) is 12.9. The summed E-state index contributed by atoms with van der Waals surface area (Å²) in [4.78, 5) is 15.4. The van der Waals surface area contributed by atoms with Crippen LogP contribution in [0.1, 0.15) is 17.5 Å². The molecule has 0 bridgehead atoms. The summed E-state index contributed by atoms with van der Waals surface area (Å²) in [6.45, 7) is 8.94. The highest BCUT2D eigenvalue weighted by Crippen LogP contribution is 2.23. The summed E-state index contributed by atoms with van der Waals surface area (Å²) in [7, 11) is 0. The molecule has 0 amide bonds. The Balaban J connectivity index is 1.86. The molecule has 116 valence electrons. The molecule has 0 spiro atoms. The lowest BCUT2D eigenvalue weighted by Gasteiger charge is -2.37. The van der Waals surface area contributed by atoms with E-state index in [-0.39, 0.29) is 0 Å². The molecule has 0 radical (unpaired) electrons. The average Bonchev–Trinajstić information content (AvgIpc) is 2.48. The van der Waals surface area contributed by atoms with Gasteiger partial charge in [-0.3, -0.25) is 9.69 Å². The molecule has 3 N–H and O–H groups in total. The molecule has 1 saturated heterocycles. The molecule has 0 aromatic heterocycles. The molecule has 1 heterocycles. The molecule has 1 fully saturated rings. The fourth-order valence-corrected chi connectivity index (χ4v) is 2.74. The maximum absolute atomic E-state index is 10.7. The van der Waals surface area contributed by atoms with Crippen LogP contribution in [0, 0.1) is 13.8 Å². The highest BCUT2D eigenvalue weighted by Gasteiger charge is 2.20. The number of carbonyl (C=O) groups is 1. The Morgan fingerprint density at radius 3 is 2.57 bits per heavy atom. The van der Waals surface area contributed by atoms with E-state index in [2.05, 4.69) is 41.8 Å². The molecule has 1 unspecified atom stereocenters. The molecule has 1 aromatic rings. The van der Waals surface area contributed by atoms with Gasteiger partial charge >= 0.3 is 5.97 Å². The van der Waals surface area contributed by atoms with Crippen molar-refractivity contribution in [1.82, 2.24) is 4.90 Å². The van der Waals surface area contributed by atoms with Crippen molar-refractivity contribution in [2.75, 3.05) is 37.6 Å². The zero-order chi connectivity index (χ0) is 15.4. The number of carboxylic acids is 1. The molecule has 21 heavy (non-hydrogen) atoms. The minimum atomic E-state index is -0.913. The van der Waals surface area contributed by atoms with Crippen LogP contribution in [0.2, 0.25) is 0 Å². The Morgan fingerprint density at radius 2 is 1.95 bits per heavy atom. The fourth-order valence-electron chi connectivity index (χ4n) is 2.74. The van der Waals surface area contributed by atoms with Gasteiger partial charge in [0.15, 0.2) is 0 Å². The average molecular weight is 291 g/mol. The van der Waals surface area contributed by atoms with E-state index in [0.29, 0.717) is 6.42 Å². The van der Waals surface area contributed by atoms with Gasteiger partial charge in [-0.05, 0) is 37.5 Å². The van der Waals surface area contributed by atoms with Crippen LogP contribution < -0.4 is 10.6 Å². The normalized spacial score (nSPS) is 17.8. The molecular formula is C16H25N3O2. The van der Waals surface area contributed by atoms with Crippen LogP contribution in [-0.2, 0) is 4.79 Å². The summed E-state index contributed by atoms with van der Waals surface area (Å²) in [6.07, 6.45) is 0.513. The molecular weight excluding hydrogens is 266 g/mol. The maximum atomic E-state index is 10.7. The second-order valence-electron chi connectivity index (χ2n) is 5.78. The second kappa shape index (κ2) is 6.91. The van der Waals surface area contributed by atoms with Gasteiger partial charge in [0.25, 0.3) is 0 Å². The molecule has 5 nitrogen and oxygen atoms in total. The first-order chi connectivity index (χ1) is 9.99. The van der Waals surface area contributed by atoms with Crippen LogP contribution in [0.5, 0.6) is 0 Å². The summed E-state index contributed by atoms with van der Waals surface area (Å²) in [5.74, 6) is -0.913. The molecule has 1 aliphatic rings. The van der Waals surface area contributed by atoms with Crippen molar-refractivity contribution in [3.8, 4) is 0 Å². The van der Waals surface area contributed by atoms with Crippen LogP contribution in [0.15, 0.2) is 18.2 Å². The number of piperazine rings is 1. The van der Waals surface area contributed by atoms with Crippen LogP contribution in [0.25, 0.3) is 0 Å². The van der Waals surface area contributed by atoms with E-state index in [1.54, 1.807) is 0 Å². The first-order valence-corrected chi connectivity index (χ1v) is 7.51. The number of rotatable bonds is 5. The molecule has 1 aromatic carbocycles. The third-order valence-corrected chi connectivity index (χ3v) is 4.36. The largest absolute Gasteiger partial charge is 0.480 e. The van der Waals surface area contributed by atoms with E-state index < -0.39 is 12.0 Å². The summed E-state index contributed by atoms with van der Waals surface area (Å²) < 4.78 is 0. The predicted molar refractivity (Wildman–Crippen MR) is 84.8 cm³/mol. The number of nitrogens with two attached hydrogens (primary N) is 1. The van der Waals surface area contributed by atoms with Crippen molar-refractivity contribution in [2.45, 2.75) is 26.3 Å².